The molecule has 0 unspecified atom stereocenters. The molecule has 0 spiro atoms. The Balaban J connectivity index is 1.61. The summed E-state index contributed by atoms with van der Waals surface area (Å²) in [6.45, 7) is 0. The van der Waals surface area contributed by atoms with E-state index in [-0.39, 0.29) is 23.9 Å². The SMILES string of the molecule is NC(=O)[C@@H]1CCCC[C@H]1NC(=O)Nc1nc(-c2ccccc2)cs1. The van der Waals surface area contributed by atoms with E-state index >= 15 is 0 Å². The van der Waals surface area contributed by atoms with Gasteiger partial charge < -0.3 is 11.1 Å². The lowest BCUT2D eigenvalue weighted by Gasteiger charge is -2.29. The second kappa shape index (κ2) is 7.44. The maximum Gasteiger partial charge on any atom is 0.321 e. The van der Waals surface area contributed by atoms with E-state index in [0.29, 0.717) is 5.13 Å². The zero-order valence-corrected chi connectivity index (χ0v) is 14.0. The zero-order chi connectivity index (χ0) is 16.9. The van der Waals surface area contributed by atoms with Gasteiger partial charge in [0, 0.05) is 17.0 Å². The molecule has 0 bridgehead atoms. The van der Waals surface area contributed by atoms with Gasteiger partial charge in [0.15, 0.2) is 5.13 Å². The highest BCUT2D eigenvalue weighted by atomic mass is 32.1. The molecule has 1 heterocycles. The van der Waals surface area contributed by atoms with Crippen molar-refractivity contribution in [3.8, 4) is 11.3 Å². The van der Waals surface area contributed by atoms with Crippen LogP contribution in [0.1, 0.15) is 25.7 Å². The molecule has 0 aliphatic heterocycles. The Kier molecular flexibility index (Phi) is 5.10. The van der Waals surface area contributed by atoms with Gasteiger partial charge in [-0.25, -0.2) is 9.78 Å². The summed E-state index contributed by atoms with van der Waals surface area (Å²) in [6.07, 6.45) is 3.47. The molecule has 6 nitrogen and oxygen atoms in total. The molecule has 7 heteroatoms. The Morgan fingerprint density at radius 3 is 2.67 bits per heavy atom. The van der Waals surface area contributed by atoms with Gasteiger partial charge in [0.1, 0.15) is 0 Å². The summed E-state index contributed by atoms with van der Waals surface area (Å²) in [6, 6.07) is 9.23. The van der Waals surface area contributed by atoms with Crippen molar-refractivity contribution in [3.63, 3.8) is 0 Å². The van der Waals surface area contributed by atoms with Crippen molar-refractivity contribution < 1.29 is 9.59 Å². The average Bonchev–Trinajstić information content (AvgIpc) is 3.04. The van der Waals surface area contributed by atoms with E-state index in [1.165, 1.54) is 11.3 Å². The molecule has 0 radical (unpaired) electrons. The Morgan fingerprint density at radius 2 is 1.92 bits per heavy atom. The topological polar surface area (TPSA) is 97.1 Å². The predicted molar refractivity (Wildman–Crippen MR) is 94.6 cm³/mol. The molecule has 126 valence electrons. The van der Waals surface area contributed by atoms with E-state index in [4.69, 9.17) is 5.73 Å². The van der Waals surface area contributed by atoms with Crippen LogP contribution in [0, 0.1) is 5.92 Å². The fourth-order valence-electron chi connectivity index (χ4n) is 3.02. The number of carbonyl (C=O) groups is 2. The van der Waals surface area contributed by atoms with Crippen LogP contribution in [0.4, 0.5) is 9.93 Å². The number of carbonyl (C=O) groups excluding carboxylic acids is 2. The third-order valence-electron chi connectivity index (χ3n) is 4.24. The maximum absolute atomic E-state index is 12.2. The molecule has 2 atom stereocenters. The average molecular weight is 344 g/mol. The fraction of sp³-hybridized carbons (Fsp3) is 0.353. The lowest BCUT2D eigenvalue weighted by Crippen LogP contribution is -2.48. The van der Waals surface area contributed by atoms with Crippen LogP contribution < -0.4 is 16.4 Å². The Labute approximate surface area is 144 Å². The van der Waals surface area contributed by atoms with Crippen LogP contribution >= 0.6 is 11.3 Å². The molecular weight excluding hydrogens is 324 g/mol. The minimum absolute atomic E-state index is 0.204. The summed E-state index contributed by atoms with van der Waals surface area (Å²) < 4.78 is 0. The first kappa shape index (κ1) is 16.4. The molecule has 4 N–H and O–H groups in total. The first-order valence-electron chi connectivity index (χ1n) is 8.01. The van der Waals surface area contributed by atoms with E-state index in [2.05, 4.69) is 15.6 Å². The molecule has 1 aliphatic rings. The summed E-state index contributed by atoms with van der Waals surface area (Å²) in [7, 11) is 0. The third kappa shape index (κ3) is 3.91. The van der Waals surface area contributed by atoms with Gasteiger partial charge in [0.2, 0.25) is 5.91 Å². The number of thiazole rings is 1. The standard InChI is InChI=1S/C17H20N4O2S/c18-15(22)12-8-4-5-9-13(12)19-16(23)21-17-20-14(10-24-17)11-6-2-1-3-7-11/h1-3,6-7,10,12-13H,4-5,8-9H2,(H2,18,22)(H2,19,20,21,23)/t12-,13-/m1/s1. The monoisotopic (exact) mass is 344 g/mol. The van der Waals surface area contributed by atoms with Crippen molar-refractivity contribution in [1.82, 2.24) is 10.3 Å². The van der Waals surface area contributed by atoms with Gasteiger partial charge in [-0.1, -0.05) is 43.2 Å². The van der Waals surface area contributed by atoms with Crippen LogP contribution in [0.3, 0.4) is 0 Å². The summed E-state index contributed by atoms with van der Waals surface area (Å²) in [5.41, 5.74) is 7.26. The van der Waals surface area contributed by atoms with Crippen molar-refractivity contribution in [2.24, 2.45) is 11.7 Å². The van der Waals surface area contributed by atoms with E-state index in [1.54, 1.807) is 0 Å². The fourth-order valence-corrected chi connectivity index (χ4v) is 3.73. The van der Waals surface area contributed by atoms with Gasteiger partial charge >= 0.3 is 6.03 Å². The molecule has 1 fully saturated rings. The van der Waals surface area contributed by atoms with Crippen LogP contribution in [-0.4, -0.2) is 23.0 Å². The highest BCUT2D eigenvalue weighted by molar-refractivity contribution is 7.14. The summed E-state index contributed by atoms with van der Waals surface area (Å²) >= 11 is 1.37. The van der Waals surface area contributed by atoms with Crippen molar-refractivity contribution in [1.29, 1.82) is 0 Å². The van der Waals surface area contributed by atoms with Gasteiger partial charge in [-0.05, 0) is 12.8 Å². The smallest absolute Gasteiger partial charge is 0.321 e. The first-order valence-corrected chi connectivity index (χ1v) is 8.89. The number of nitrogens with one attached hydrogen (secondary N) is 2. The number of hydrogen-bond acceptors (Lipinski definition) is 4. The Morgan fingerprint density at radius 1 is 1.17 bits per heavy atom. The molecule has 2 aromatic rings. The summed E-state index contributed by atoms with van der Waals surface area (Å²) in [5.74, 6) is -0.638. The van der Waals surface area contributed by atoms with Gasteiger partial charge in [-0.3, -0.25) is 10.1 Å². The Bertz CT molecular complexity index is 716. The van der Waals surface area contributed by atoms with E-state index in [1.807, 2.05) is 35.7 Å². The molecule has 1 aliphatic carbocycles. The van der Waals surface area contributed by atoms with E-state index in [0.717, 1.165) is 36.9 Å². The van der Waals surface area contributed by atoms with E-state index < -0.39 is 0 Å². The van der Waals surface area contributed by atoms with Crippen LogP contribution in [0.15, 0.2) is 35.7 Å². The molecule has 1 aromatic carbocycles. The number of urea groups is 1. The predicted octanol–water partition coefficient (Wildman–Crippen LogP) is 2.98. The Hall–Kier alpha value is -2.41. The van der Waals surface area contributed by atoms with Crippen molar-refractivity contribution in [2.45, 2.75) is 31.7 Å². The third-order valence-corrected chi connectivity index (χ3v) is 5.00. The van der Waals surface area contributed by atoms with Crippen molar-refractivity contribution >= 4 is 28.4 Å². The highest BCUT2D eigenvalue weighted by Gasteiger charge is 2.30. The van der Waals surface area contributed by atoms with Gasteiger partial charge in [0.25, 0.3) is 0 Å². The maximum atomic E-state index is 12.2. The van der Waals surface area contributed by atoms with Crippen LogP contribution in [0.5, 0.6) is 0 Å². The second-order valence-electron chi connectivity index (χ2n) is 5.90. The van der Waals surface area contributed by atoms with Crippen molar-refractivity contribution in [2.75, 3.05) is 5.32 Å². The molecule has 24 heavy (non-hydrogen) atoms. The second-order valence-corrected chi connectivity index (χ2v) is 6.76. The minimum atomic E-state index is -0.347. The number of anilines is 1. The van der Waals surface area contributed by atoms with Crippen LogP contribution in [-0.2, 0) is 4.79 Å². The minimum Gasteiger partial charge on any atom is -0.369 e. The number of benzene rings is 1. The molecule has 3 amide bonds. The molecule has 0 saturated heterocycles. The number of primary amides is 1. The molecular formula is C17H20N4O2S. The number of aromatic nitrogens is 1. The van der Waals surface area contributed by atoms with Gasteiger partial charge in [-0.2, -0.15) is 0 Å². The number of amides is 3. The van der Waals surface area contributed by atoms with Gasteiger partial charge in [0.05, 0.1) is 11.6 Å². The largest absolute Gasteiger partial charge is 0.369 e. The number of hydrogen-bond donors (Lipinski definition) is 3. The molecule has 1 saturated carbocycles. The molecule has 1 aromatic heterocycles. The van der Waals surface area contributed by atoms with Gasteiger partial charge in [-0.15, -0.1) is 11.3 Å². The number of nitrogens with zero attached hydrogens (tertiary/aromatic N) is 1. The quantitative estimate of drug-likeness (QED) is 0.795. The number of nitrogens with two attached hydrogens (primary N) is 1. The normalized spacial score (nSPS) is 20.3. The first-order chi connectivity index (χ1) is 11.6. The van der Waals surface area contributed by atoms with Crippen molar-refractivity contribution in [3.05, 3.63) is 35.7 Å². The van der Waals surface area contributed by atoms with E-state index in [9.17, 15) is 9.59 Å². The van der Waals surface area contributed by atoms with Crippen LogP contribution in [0.2, 0.25) is 0 Å². The molecule has 3 rings (SSSR count). The van der Waals surface area contributed by atoms with Crippen LogP contribution in [0.25, 0.3) is 11.3 Å². The number of rotatable bonds is 4. The highest BCUT2D eigenvalue weighted by Crippen LogP contribution is 2.26. The lowest BCUT2D eigenvalue weighted by molar-refractivity contribution is -0.123. The summed E-state index contributed by atoms with van der Waals surface area (Å²) in [4.78, 5) is 28.1. The zero-order valence-electron chi connectivity index (χ0n) is 13.2. The summed E-state index contributed by atoms with van der Waals surface area (Å²) in [5, 5.41) is 8.03. The lowest BCUT2D eigenvalue weighted by atomic mass is 9.84.